The summed E-state index contributed by atoms with van der Waals surface area (Å²) in [4.78, 5) is 55.4. The number of likely N-dealkylation sites (tertiary alicyclic amines) is 1. The first-order chi connectivity index (χ1) is 25.2. The third-order valence-electron chi connectivity index (χ3n) is 12.2. The monoisotopic (exact) mass is 736 g/mol. The number of rotatable bonds is 15. The summed E-state index contributed by atoms with van der Waals surface area (Å²) in [6.07, 6.45) is 10.9. The number of nitrogens with one attached hydrogen (secondary N) is 1. The van der Waals surface area contributed by atoms with Crippen LogP contribution in [0.25, 0.3) is 0 Å². The van der Waals surface area contributed by atoms with Crippen LogP contribution in [0.15, 0.2) is 24.3 Å². The molecule has 0 spiro atoms. The van der Waals surface area contributed by atoms with Crippen molar-refractivity contribution in [2.75, 3.05) is 6.54 Å². The van der Waals surface area contributed by atoms with Gasteiger partial charge in [0.25, 0.3) is 0 Å². The molecule has 1 aromatic carbocycles. The highest BCUT2D eigenvalue weighted by atomic mass is 16.7. The van der Waals surface area contributed by atoms with Gasteiger partial charge in [-0.1, -0.05) is 82.6 Å². The molecule has 6 aliphatic rings. The molecular formula is C40H61BN4O8. The standard InChI is InChI=1S/C40H61BN4O8/c1-26(41-52-34-21-27-19-30(20-27)40(34,5)53-41)15-11-9-7-6-8-10-12-18-32(43-37(48)51-39(2,3)4)36(47)45-25-31(22-33(45)35(42)46)50-38(49)44-23-28-16-13-14-17-29(28)24-44/h13-14,16-17,26-27,30-34H,6-12,15,18-25H2,1-5H3,(H2,42,46)(H,43,48)/t26-,27?,30?,31-,32+,33+,34?,40?/m1/s1. The first-order valence-corrected chi connectivity index (χ1v) is 20.1. The number of amides is 4. The maximum atomic E-state index is 14.0. The molecule has 0 aromatic heterocycles. The Labute approximate surface area is 315 Å². The number of unbranched alkanes of at least 4 members (excludes halogenated alkanes) is 6. The second kappa shape index (κ2) is 16.6. The van der Waals surface area contributed by atoms with Gasteiger partial charge in [0.05, 0.1) is 18.2 Å². The van der Waals surface area contributed by atoms with Crippen molar-refractivity contribution in [2.45, 2.75) is 172 Å². The molecule has 5 fully saturated rings. The van der Waals surface area contributed by atoms with E-state index in [4.69, 9.17) is 24.5 Å². The maximum absolute atomic E-state index is 14.0. The van der Waals surface area contributed by atoms with Crippen molar-refractivity contribution >= 4 is 31.1 Å². The van der Waals surface area contributed by atoms with Crippen LogP contribution < -0.4 is 11.1 Å². The predicted molar refractivity (Wildman–Crippen MR) is 200 cm³/mol. The first kappa shape index (κ1) is 39.4. The molecule has 3 aliphatic heterocycles. The van der Waals surface area contributed by atoms with Gasteiger partial charge in [-0.15, -0.1) is 0 Å². The minimum absolute atomic E-state index is 0.0178. The number of alkyl carbamates (subject to hydrolysis) is 1. The minimum Gasteiger partial charge on any atom is -0.444 e. The van der Waals surface area contributed by atoms with Crippen molar-refractivity contribution in [3.63, 3.8) is 0 Å². The second-order valence-electron chi connectivity index (χ2n) is 17.6. The van der Waals surface area contributed by atoms with Crippen molar-refractivity contribution in [3.05, 3.63) is 35.4 Å². The number of hydrogen-bond donors (Lipinski definition) is 2. The molecule has 3 heterocycles. The third kappa shape index (κ3) is 9.50. The van der Waals surface area contributed by atoms with Crippen LogP contribution in [0.3, 0.4) is 0 Å². The molecule has 7 rings (SSSR count). The van der Waals surface area contributed by atoms with Crippen molar-refractivity contribution in [2.24, 2.45) is 17.6 Å². The fourth-order valence-corrected chi connectivity index (χ4v) is 9.07. The average Bonchev–Trinajstić information content (AvgIpc) is 3.80. The summed E-state index contributed by atoms with van der Waals surface area (Å²) in [5.41, 5.74) is 7.05. The van der Waals surface area contributed by atoms with Gasteiger partial charge < -0.3 is 34.7 Å². The average molecular weight is 737 g/mol. The van der Waals surface area contributed by atoms with Crippen LogP contribution in [0.4, 0.5) is 9.59 Å². The molecule has 13 heteroatoms. The largest absolute Gasteiger partial charge is 0.460 e. The van der Waals surface area contributed by atoms with E-state index in [0.717, 1.165) is 68.4 Å². The predicted octanol–water partition coefficient (Wildman–Crippen LogP) is 6.48. The number of fused-ring (bicyclic) bond motifs is 1. The lowest BCUT2D eigenvalue weighted by molar-refractivity contribution is -0.139. The molecule has 12 nitrogen and oxygen atoms in total. The lowest BCUT2D eigenvalue weighted by Gasteiger charge is -2.53. The van der Waals surface area contributed by atoms with Gasteiger partial charge in [0, 0.05) is 19.5 Å². The van der Waals surface area contributed by atoms with Crippen molar-refractivity contribution in [1.82, 2.24) is 15.1 Å². The van der Waals surface area contributed by atoms with Gasteiger partial charge in [0.1, 0.15) is 23.8 Å². The number of nitrogens with zero attached hydrogens (tertiary/aromatic N) is 2. The summed E-state index contributed by atoms with van der Waals surface area (Å²) >= 11 is 0. The van der Waals surface area contributed by atoms with E-state index >= 15 is 0 Å². The van der Waals surface area contributed by atoms with Crippen molar-refractivity contribution in [1.29, 1.82) is 0 Å². The molecule has 292 valence electrons. The van der Waals surface area contributed by atoms with E-state index in [9.17, 15) is 19.2 Å². The van der Waals surface area contributed by atoms with E-state index in [1.165, 1.54) is 17.7 Å². The molecular weight excluding hydrogens is 675 g/mol. The van der Waals surface area contributed by atoms with Crippen LogP contribution in [0.1, 0.15) is 129 Å². The van der Waals surface area contributed by atoms with Crippen LogP contribution in [-0.2, 0) is 41.5 Å². The van der Waals surface area contributed by atoms with Gasteiger partial charge in [-0.2, -0.15) is 0 Å². The van der Waals surface area contributed by atoms with Crippen LogP contribution in [0.2, 0.25) is 5.82 Å². The SMILES string of the molecule is C[C@H](CCCCCCCCC[C@H](NC(=O)OC(C)(C)C)C(=O)N1C[C@H](OC(=O)N2Cc3ccccc3C2)C[C@H]1C(N)=O)B1OC2CC3CC(C3)C2(C)O1. The Hall–Kier alpha value is -3.32. The molecule has 3 aliphatic carbocycles. The zero-order chi connectivity index (χ0) is 37.9. The highest BCUT2D eigenvalue weighted by Gasteiger charge is 2.61. The van der Waals surface area contributed by atoms with Crippen molar-refractivity contribution in [3.8, 4) is 0 Å². The zero-order valence-electron chi connectivity index (χ0n) is 32.5. The Morgan fingerprint density at radius 2 is 1.58 bits per heavy atom. The highest BCUT2D eigenvalue weighted by Crippen LogP contribution is 2.57. The van der Waals surface area contributed by atoms with E-state index < -0.39 is 47.8 Å². The summed E-state index contributed by atoms with van der Waals surface area (Å²) < 4.78 is 24.2. The van der Waals surface area contributed by atoms with Crippen molar-refractivity contribution < 1.29 is 38.0 Å². The quantitative estimate of drug-likeness (QED) is 0.154. The second-order valence-corrected chi connectivity index (χ2v) is 17.6. The fourth-order valence-electron chi connectivity index (χ4n) is 9.07. The number of ether oxygens (including phenoxy) is 2. The maximum Gasteiger partial charge on any atom is 0.460 e. The van der Waals surface area contributed by atoms with E-state index in [2.05, 4.69) is 19.2 Å². The normalized spacial score (nSPS) is 28.5. The van der Waals surface area contributed by atoms with Gasteiger partial charge in [-0.25, -0.2) is 9.59 Å². The van der Waals surface area contributed by atoms with Crippen LogP contribution in [0, 0.1) is 11.8 Å². The number of carbonyl (C=O) groups is 4. The van der Waals surface area contributed by atoms with Gasteiger partial charge in [-0.05, 0) is 82.2 Å². The number of nitrogens with two attached hydrogens (primary N) is 1. The number of benzene rings is 1. The molecule has 2 saturated heterocycles. The zero-order valence-corrected chi connectivity index (χ0v) is 32.5. The summed E-state index contributed by atoms with van der Waals surface area (Å²) in [5.74, 6) is 0.787. The lowest BCUT2D eigenvalue weighted by Crippen LogP contribution is -2.56. The third-order valence-corrected chi connectivity index (χ3v) is 12.2. The van der Waals surface area contributed by atoms with E-state index in [1.54, 1.807) is 25.7 Å². The first-order valence-electron chi connectivity index (χ1n) is 20.1. The van der Waals surface area contributed by atoms with Gasteiger partial charge in [0.15, 0.2) is 0 Å². The highest BCUT2D eigenvalue weighted by molar-refractivity contribution is 6.47. The molecule has 1 aromatic rings. The number of carbonyl (C=O) groups excluding carboxylic acids is 4. The Balaban J connectivity index is 0.930. The molecule has 0 radical (unpaired) electrons. The summed E-state index contributed by atoms with van der Waals surface area (Å²) in [7, 11) is -0.0811. The fraction of sp³-hybridized carbons (Fsp3) is 0.750. The molecule has 4 amide bonds. The smallest absolute Gasteiger partial charge is 0.444 e. The van der Waals surface area contributed by atoms with Gasteiger partial charge in [0.2, 0.25) is 11.8 Å². The summed E-state index contributed by atoms with van der Waals surface area (Å²) in [5, 5.41) is 2.75. The molecule has 53 heavy (non-hydrogen) atoms. The molecule has 3 N–H and O–H groups in total. The Kier molecular flexibility index (Phi) is 12.3. The van der Waals surface area contributed by atoms with E-state index in [-0.39, 0.29) is 31.8 Å². The van der Waals surface area contributed by atoms with Crippen LogP contribution in [-0.4, -0.2) is 83.0 Å². The minimum atomic E-state index is -0.952. The van der Waals surface area contributed by atoms with Gasteiger partial charge >= 0.3 is 19.3 Å². The molecule has 3 saturated carbocycles. The Bertz CT molecular complexity index is 1460. The topological polar surface area (TPSA) is 150 Å². The van der Waals surface area contributed by atoms with E-state index in [0.29, 0.717) is 37.7 Å². The summed E-state index contributed by atoms with van der Waals surface area (Å²) in [6, 6.07) is 5.97. The van der Waals surface area contributed by atoms with Crippen LogP contribution in [0.5, 0.6) is 0 Å². The van der Waals surface area contributed by atoms with E-state index in [1.807, 2.05) is 24.3 Å². The Morgan fingerprint density at radius 3 is 2.19 bits per heavy atom. The lowest BCUT2D eigenvalue weighted by atomic mass is 9.57. The van der Waals surface area contributed by atoms with Gasteiger partial charge in [-0.3, -0.25) is 14.5 Å². The van der Waals surface area contributed by atoms with Crippen LogP contribution >= 0.6 is 0 Å². The summed E-state index contributed by atoms with van der Waals surface area (Å²) in [6.45, 7) is 10.7. The molecule has 2 unspecified atom stereocenters. The number of hydrogen-bond acceptors (Lipinski definition) is 8. The molecule has 6 atom stereocenters. The Morgan fingerprint density at radius 1 is 0.962 bits per heavy atom. The number of primary amides is 1. The molecule has 2 bridgehead atoms.